The number of H-pyrrole nitrogens is 1. The lowest BCUT2D eigenvalue weighted by Crippen LogP contribution is -1.93. The number of rotatable bonds is 4. The molecule has 0 amide bonds. The molecule has 0 aliphatic carbocycles. The maximum Gasteiger partial charge on any atom is 0.106 e. The molecule has 0 aliphatic rings. The van der Waals surface area contributed by atoms with Gasteiger partial charge in [0, 0.05) is 6.42 Å². The number of aliphatic hydroxyl groups excluding tert-OH is 1. The van der Waals surface area contributed by atoms with Crippen LogP contribution in [0.5, 0.6) is 0 Å². The summed E-state index contributed by atoms with van der Waals surface area (Å²) in [6.45, 7) is 0.0261. The normalized spacial score (nSPS) is 10.5. The predicted molar refractivity (Wildman–Crippen MR) is 58.4 cm³/mol. The quantitative estimate of drug-likeness (QED) is 0.792. The standard InChI is InChI=1S/C12H14N2O/c15-9-11-8-13-12(14-11)7-6-10-4-2-1-3-5-10/h1-5,8,15H,6-7,9H2,(H,13,14). The average molecular weight is 202 g/mol. The summed E-state index contributed by atoms with van der Waals surface area (Å²) in [6.07, 6.45) is 3.53. The summed E-state index contributed by atoms with van der Waals surface area (Å²) in [5.41, 5.74) is 2.08. The fourth-order valence-electron chi connectivity index (χ4n) is 1.52. The van der Waals surface area contributed by atoms with E-state index in [2.05, 4.69) is 22.1 Å². The van der Waals surface area contributed by atoms with Crippen molar-refractivity contribution >= 4 is 0 Å². The number of hydrogen-bond acceptors (Lipinski definition) is 2. The van der Waals surface area contributed by atoms with Gasteiger partial charge in [-0.2, -0.15) is 0 Å². The highest BCUT2D eigenvalue weighted by Gasteiger charge is 1.99. The lowest BCUT2D eigenvalue weighted by Gasteiger charge is -1.98. The molecule has 0 spiro atoms. The molecule has 1 aromatic carbocycles. The van der Waals surface area contributed by atoms with E-state index < -0.39 is 0 Å². The van der Waals surface area contributed by atoms with Gasteiger partial charge < -0.3 is 10.1 Å². The molecule has 0 saturated heterocycles. The van der Waals surface area contributed by atoms with Crippen molar-refractivity contribution in [2.75, 3.05) is 0 Å². The first kappa shape index (κ1) is 9.93. The van der Waals surface area contributed by atoms with E-state index in [1.54, 1.807) is 6.20 Å². The Bertz CT molecular complexity index is 409. The number of nitrogens with one attached hydrogen (secondary N) is 1. The van der Waals surface area contributed by atoms with Crippen LogP contribution in [-0.2, 0) is 19.4 Å². The van der Waals surface area contributed by atoms with Gasteiger partial charge in [0.05, 0.1) is 18.5 Å². The molecule has 3 nitrogen and oxygen atoms in total. The van der Waals surface area contributed by atoms with Gasteiger partial charge in [-0.25, -0.2) is 4.98 Å². The topological polar surface area (TPSA) is 48.9 Å². The Morgan fingerprint density at radius 3 is 2.60 bits per heavy atom. The highest BCUT2D eigenvalue weighted by Crippen LogP contribution is 2.04. The van der Waals surface area contributed by atoms with Gasteiger partial charge in [-0.1, -0.05) is 30.3 Å². The fraction of sp³-hybridized carbons (Fsp3) is 0.250. The zero-order chi connectivity index (χ0) is 10.5. The van der Waals surface area contributed by atoms with Gasteiger partial charge in [0.1, 0.15) is 5.82 Å². The van der Waals surface area contributed by atoms with E-state index in [1.165, 1.54) is 5.56 Å². The maximum absolute atomic E-state index is 8.86. The van der Waals surface area contributed by atoms with Gasteiger partial charge in [0.15, 0.2) is 0 Å². The number of nitrogens with zero attached hydrogens (tertiary/aromatic N) is 1. The molecule has 2 rings (SSSR count). The molecule has 2 aromatic rings. The number of benzene rings is 1. The molecule has 2 N–H and O–H groups in total. The Balaban J connectivity index is 1.93. The van der Waals surface area contributed by atoms with E-state index >= 15 is 0 Å². The number of aromatic nitrogens is 2. The van der Waals surface area contributed by atoms with Gasteiger partial charge in [0.2, 0.25) is 0 Å². The lowest BCUT2D eigenvalue weighted by molar-refractivity contribution is 0.277. The van der Waals surface area contributed by atoms with E-state index in [-0.39, 0.29) is 6.61 Å². The number of imidazole rings is 1. The first-order valence-corrected chi connectivity index (χ1v) is 5.06. The van der Waals surface area contributed by atoms with Crippen LogP contribution in [0.3, 0.4) is 0 Å². The van der Waals surface area contributed by atoms with Crippen molar-refractivity contribution in [1.82, 2.24) is 9.97 Å². The SMILES string of the molecule is OCc1cnc(CCc2ccccc2)[nH]1. The van der Waals surface area contributed by atoms with Gasteiger partial charge in [-0.3, -0.25) is 0 Å². The third-order valence-corrected chi connectivity index (χ3v) is 2.34. The zero-order valence-corrected chi connectivity index (χ0v) is 8.48. The van der Waals surface area contributed by atoms with Crippen molar-refractivity contribution in [3.63, 3.8) is 0 Å². The van der Waals surface area contributed by atoms with E-state index in [0.29, 0.717) is 0 Å². The molecule has 0 bridgehead atoms. The second-order valence-corrected chi connectivity index (χ2v) is 3.50. The Morgan fingerprint density at radius 2 is 1.93 bits per heavy atom. The largest absolute Gasteiger partial charge is 0.390 e. The molecule has 3 heteroatoms. The Hall–Kier alpha value is -1.61. The fourth-order valence-corrected chi connectivity index (χ4v) is 1.52. The predicted octanol–water partition coefficient (Wildman–Crippen LogP) is 1.69. The molecule has 0 radical (unpaired) electrons. The van der Waals surface area contributed by atoms with Crippen LogP contribution < -0.4 is 0 Å². The molecule has 0 saturated carbocycles. The van der Waals surface area contributed by atoms with Crippen LogP contribution in [0.15, 0.2) is 36.5 Å². The summed E-state index contributed by atoms with van der Waals surface area (Å²) in [7, 11) is 0. The first-order chi connectivity index (χ1) is 7.38. The van der Waals surface area contributed by atoms with Gasteiger partial charge in [-0.05, 0) is 12.0 Å². The average Bonchev–Trinajstić information content (AvgIpc) is 2.76. The minimum absolute atomic E-state index is 0.0261. The highest BCUT2D eigenvalue weighted by molar-refractivity contribution is 5.15. The summed E-state index contributed by atoms with van der Waals surface area (Å²) in [5.74, 6) is 0.933. The zero-order valence-electron chi connectivity index (χ0n) is 8.48. The van der Waals surface area contributed by atoms with Crippen LogP contribution in [0.25, 0.3) is 0 Å². The molecule has 0 unspecified atom stereocenters. The lowest BCUT2D eigenvalue weighted by atomic mass is 10.1. The van der Waals surface area contributed by atoms with Gasteiger partial charge >= 0.3 is 0 Å². The van der Waals surface area contributed by atoms with Gasteiger partial charge in [0.25, 0.3) is 0 Å². The maximum atomic E-state index is 8.86. The summed E-state index contributed by atoms with van der Waals surface area (Å²) in [6, 6.07) is 10.3. The summed E-state index contributed by atoms with van der Waals surface area (Å²) in [4.78, 5) is 7.26. The molecule has 0 aliphatic heterocycles. The van der Waals surface area contributed by atoms with Crippen molar-refractivity contribution in [1.29, 1.82) is 0 Å². The molecule has 0 fully saturated rings. The monoisotopic (exact) mass is 202 g/mol. The van der Waals surface area contributed by atoms with Crippen molar-refractivity contribution in [2.24, 2.45) is 0 Å². The third-order valence-electron chi connectivity index (χ3n) is 2.34. The smallest absolute Gasteiger partial charge is 0.106 e. The first-order valence-electron chi connectivity index (χ1n) is 5.06. The minimum Gasteiger partial charge on any atom is -0.390 e. The second-order valence-electron chi connectivity index (χ2n) is 3.50. The Labute approximate surface area is 88.8 Å². The molecule has 0 atom stereocenters. The summed E-state index contributed by atoms with van der Waals surface area (Å²) >= 11 is 0. The number of aromatic amines is 1. The highest BCUT2D eigenvalue weighted by atomic mass is 16.3. The van der Waals surface area contributed by atoms with E-state index in [4.69, 9.17) is 5.11 Å². The van der Waals surface area contributed by atoms with Crippen LogP contribution in [-0.4, -0.2) is 15.1 Å². The molecular weight excluding hydrogens is 188 g/mol. The van der Waals surface area contributed by atoms with Crippen LogP contribution >= 0.6 is 0 Å². The van der Waals surface area contributed by atoms with Crippen LogP contribution in [0.1, 0.15) is 17.1 Å². The van der Waals surface area contributed by atoms with E-state index in [1.807, 2.05) is 18.2 Å². The number of hydrogen-bond donors (Lipinski definition) is 2. The van der Waals surface area contributed by atoms with Crippen molar-refractivity contribution in [3.05, 3.63) is 53.6 Å². The van der Waals surface area contributed by atoms with Crippen LogP contribution in [0.2, 0.25) is 0 Å². The molecule has 1 aromatic heterocycles. The van der Waals surface area contributed by atoms with Gasteiger partial charge in [-0.15, -0.1) is 0 Å². The number of aliphatic hydroxyl groups is 1. The summed E-state index contributed by atoms with van der Waals surface area (Å²) < 4.78 is 0. The Morgan fingerprint density at radius 1 is 1.13 bits per heavy atom. The third kappa shape index (κ3) is 2.67. The van der Waals surface area contributed by atoms with Crippen molar-refractivity contribution in [2.45, 2.75) is 19.4 Å². The molecule has 15 heavy (non-hydrogen) atoms. The number of aryl methyl sites for hydroxylation is 2. The van der Waals surface area contributed by atoms with Crippen LogP contribution in [0.4, 0.5) is 0 Å². The van der Waals surface area contributed by atoms with Crippen LogP contribution in [0, 0.1) is 0 Å². The van der Waals surface area contributed by atoms with Crippen molar-refractivity contribution in [3.8, 4) is 0 Å². The Kier molecular flexibility index (Phi) is 3.15. The van der Waals surface area contributed by atoms with Crippen molar-refractivity contribution < 1.29 is 5.11 Å². The van der Waals surface area contributed by atoms with E-state index in [9.17, 15) is 0 Å². The summed E-state index contributed by atoms with van der Waals surface area (Å²) in [5, 5.41) is 8.86. The minimum atomic E-state index is 0.0261. The molecular formula is C12H14N2O. The molecule has 1 heterocycles. The van der Waals surface area contributed by atoms with E-state index in [0.717, 1.165) is 24.4 Å². The molecule has 78 valence electrons. The second kappa shape index (κ2) is 4.75.